The lowest BCUT2D eigenvalue weighted by Gasteiger charge is -2.11. The predicted octanol–water partition coefficient (Wildman–Crippen LogP) is 4.80. The second-order valence-electron chi connectivity index (χ2n) is 5.59. The van der Waals surface area contributed by atoms with E-state index in [1.165, 1.54) is 23.8 Å². The summed E-state index contributed by atoms with van der Waals surface area (Å²) in [4.78, 5) is 11.7. The highest BCUT2D eigenvalue weighted by Crippen LogP contribution is 2.20. The van der Waals surface area contributed by atoms with E-state index in [1.807, 2.05) is 18.2 Å². The Morgan fingerprint density at radius 1 is 1.25 bits per heavy atom. The number of halogens is 2. The van der Waals surface area contributed by atoms with Crippen molar-refractivity contribution in [1.82, 2.24) is 5.32 Å². The number of hydrogen-bond acceptors (Lipinski definition) is 2. The predicted molar refractivity (Wildman–Crippen MR) is 94.5 cm³/mol. The van der Waals surface area contributed by atoms with Gasteiger partial charge in [-0.3, -0.25) is 0 Å². The minimum Gasteiger partial charge on any atom is -0.492 e. The van der Waals surface area contributed by atoms with Crippen LogP contribution in [-0.4, -0.2) is 19.2 Å². The van der Waals surface area contributed by atoms with Gasteiger partial charge in [0.1, 0.15) is 18.2 Å². The van der Waals surface area contributed by atoms with Gasteiger partial charge < -0.3 is 15.4 Å². The van der Waals surface area contributed by atoms with Crippen molar-refractivity contribution < 1.29 is 13.9 Å². The molecule has 0 heterocycles. The zero-order chi connectivity index (χ0) is 17.5. The van der Waals surface area contributed by atoms with Crippen LogP contribution in [0.5, 0.6) is 5.75 Å². The number of ether oxygens (including phenoxy) is 1. The molecule has 0 aliphatic carbocycles. The SMILES string of the molecule is CC(C)c1cccc(OCCNC(=O)Nc2ccc(F)c(Cl)c2)c1. The Balaban J connectivity index is 1.74. The number of anilines is 1. The summed E-state index contributed by atoms with van der Waals surface area (Å²) in [5, 5.41) is 5.20. The molecule has 2 rings (SSSR count). The van der Waals surface area contributed by atoms with Gasteiger partial charge in [-0.15, -0.1) is 0 Å². The number of carbonyl (C=O) groups excluding carboxylic acids is 1. The van der Waals surface area contributed by atoms with E-state index < -0.39 is 11.8 Å². The molecule has 0 spiro atoms. The van der Waals surface area contributed by atoms with Gasteiger partial charge in [0.2, 0.25) is 0 Å². The van der Waals surface area contributed by atoms with Crippen LogP contribution in [0.1, 0.15) is 25.3 Å². The van der Waals surface area contributed by atoms with Crippen LogP contribution in [0.15, 0.2) is 42.5 Å². The highest BCUT2D eigenvalue weighted by molar-refractivity contribution is 6.31. The average Bonchev–Trinajstić information content (AvgIpc) is 2.55. The Hall–Kier alpha value is -2.27. The van der Waals surface area contributed by atoms with Crippen LogP contribution in [0.2, 0.25) is 5.02 Å². The van der Waals surface area contributed by atoms with Gasteiger partial charge in [-0.2, -0.15) is 0 Å². The van der Waals surface area contributed by atoms with Crippen LogP contribution < -0.4 is 15.4 Å². The third kappa shape index (κ3) is 5.42. The zero-order valence-electron chi connectivity index (χ0n) is 13.6. The highest BCUT2D eigenvalue weighted by Gasteiger charge is 2.05. The second-order valence-corrected chi connectivity index (χ2v) is 5.99. The van der Waals surface area contributed by atoms with Crippen molar-refractivity contribution in [1.29, 1.82) is 0 Å². The molecule has 4 nitrogen and oxygen atoms in total. The van der Waals surface area contributed by atoms with E-state index in [2.05, 4.69) is 30.5 Å². The number of hydrogen-bond donors (Lipinski definition) is 2. The van der Waals surface area contributed by atoms with Gasteiger partial charge in [-0.05, 0) is 41.8 Å². The van der Waals surface area contributed by atoms with Crippen molar-refractivity contribution in [2.75, 3.05) is 18.5 Å². The molecule has 0 atom stereocenters. The third-order valence-electron chi connectivity index (χ3n) is 3.36. The van der Waals surface area contributed by atoms with Crippen molar-refractivity contribution in [2.45, 2.75) is 19.8 Å². The maximum Gasteiger partial charge on any atom is 0.319 e. The van der Waals surface area contributed by atoms with E-state index in [0.717, 1.165) is 5.75 Å². The lowest BCUT2D eigenvalue weighted by molar-refractivity contribution is 0.247. The smallest absolute Gasteiger partial charge is 0.319 e. The van der Waals surface area contributed by atoms with E-state index in [1.54, 1.807) is 0 Å². The molecule has 0 bridgehead atoms. The Labute approximate surface area is 146 Å². The molecule has 2 amide bonds. The fraction of sp³-hybridized carbons (Fsp3) is 0.278. The van der Waals surface area contributed by atoms with E-state index in [9.17, 15) is 9.18 Å². The fourth-order valence-corrected chi connectivity index (χ4v) is 2.23. The van der Waals surface area contributed by atoms with Gasteiger partial charge in [0.25, 0.3) is 0 Å². The summed E-state index contributed by atoms with van der Waals surface area (Å²) >= 11 is 5.66. The number of amides is 2. The summed E-state index contributed by atoms with van der Waals surface area (Å²) in [6.07, 6.45) is 0. The maximum atomic E-state index is 13.0. The molecule has 0 radical (unpaired) electrons. The van der Waals surface area contributed by atoms with Gasteiger partial charge in [0, 0.05) is 5.69 Å². The molecule has 128 valence electrons. The molecule has 0 unspecified atom stereocenters. The quantitative estimate of drug-likeness (QED) is 0.735. The van der Waals surface area contributed by atoms with Crippen LogP contribution in [0.3, 0.4) is 0 Å². The third-order valence-corrected chi connectivity index (χ3v) is 3.65. The molecular weight excluding hydrogens is 331 g/mol. The maximum absolute atomic E-state index is 13.0. The van der Waals surface area contributed by atoms with Gasteiger partial charge in [-0.1, -0.05) is 37.6 Å². The van der Waals surface area contributed by atoms with Crippen molar-refractivity contribution in [3.8, 4) is 5.75 Å². The summed E-state index contributed by atoms with van der Waals surface area (Å²) in [6, 6.07) is 11.5. The number of carbonyl (C=O) groups is 1. The lowest BCUT2D eigenvalue weighted by Crippen LogP contribution is -2.32. The normalized spacial score (nSPS) is 10.5. The number of benzene rings is 2. The Kier molecular flexibility index (Phi) is 6.44. The first kappa shape index (κ1) is 18.1. The number of nitrogens with one attached hydrogen (secondary N) is 2. The molecule has 0 fully saturated rings. The largest absolute Gasteiger partial charge is 0.492 e. The number of rotatable bonds is 6. The Morgan fingerprint density at radius 3 is 2.75 bits per heavy atom. The van der Waals surface area contributed by atoms with Crippen molar-refractivity contribution in [2.24, 2.45) is 0 Å². The Morgan fingerprint density at radius 2 is 2.04 bits per heavy atom. The monoisotopic (exact) mass is 350 g/mol. The van der Waals surface area contributed by atoms with Crippen molar-refractivity contribution in [3.63, 3.8) is 0 Å². The minimum atomic E-state index is -0.528. The highest BCUT2D eigenvalue weighted by atomic mass is 35.5. The van der Waals surface area contributed by atoms with Crippen LogP contribution in [-0.2, 0) is 0 Å². The summed E-state index contributed by atoms with van der Waals surface area (Å²) < 4.78 is 18.7. The first-order valence-corrected chi connectivity index (χ1v) is 8.06. The van der Waals surface area contributed by atoms with E-state index >= 15 is 0 Å². The molecule has 2 aromatic carbocycles. The molecule has 0 aliphatic rings. The molecule has 6 heteroatoms. The molecule has 0 saturated heterocycles. The standard InChI is InChI=1S/C18H20ClFN2O2/c1-12(2)13-4-3-5-15(10-13)24-9-8-21-18(23)22-14-6-7-17(20)16(19)11-14/h3-7,10-12H,8-9H2,1-2H3,(H2,21,22,23). The van der Waals surface area contributed by atoms with Crippen molar-refractivity contribution >= 4 is 23.3 Å². The lowest BCUT2D eigenvalue weighted by atomic mass is 10.0. The summed E-state index contributed by atoms with van der Waals surface area (Å²) in [5.41, 5.74) is 1.62. The molecule has 0 aliphatic heterocycles. The van der Waals surface area contributed by atoms with E-state index in [-0.39, 0.29) is 5.02 Å². The van der Waals surface area contributed by atoms with Gasteiger partial charge in [0.05, 0.1) is 11.6 Å². The second kappa shape index (κ2) is 8.55. The first-order chi connectivity index (χ1) is 11.5. The molecule has 2 N–H and O–H groups in total. The Bertz CT molecular complexity index is 707. The van der Waals surface area contributed by atoms with Crippen LogP contribution in [0.4, 0.5) is 14.9 Å². The molecule has 24 heavy (non-hydrogen) atoms. The topological polar surface area (TPSA) is 50.4 Å². The van der Waals surface area contributed by atoms with Crippen LogP contribution in [0.25, 0.3) is 0 Å². The zero-order valence-corrected chi connectivity index (χ0v) is 14.4. The average molecular weight is 351 g/mol. The summed E-state index contributed by atoms with van der Waals surface area (Å²) in [7, 11) is 0. The fourth-order valence-electron chi connectivity index (χ4n) is 2.05. The minimum absolute atomic E-state index is 0.0406. The van der Waals surface area contributed by atoms with E-state index in [4.69, 9.17) is 16.3 Å². The van der Waals surface area contributed by atoms with Crippen molar-refractivity contribution in [3.05, 3.63) is 58.9 Å². The van der Waals surface area contributed by atoms with Gasteiger partial charge in [0.15, 0.2) is 0 Å². The van der Waals surface area contributed by atoms with Crippen LogP contribution >= 0.6 is 11.6 Å². The van der Waals surface area contributed by atoms with E-state index in [0.29, 0.717) is 24.8 Å². The van der Waals surface area contributed by atoms with Crippen LogP contribution in [0, 0.1) is 5.82 Å². The summed E-state index contributed by atoms with van der Waals surface area (Å²) in [6.45, 7) is 4.92. The van der Waals surface area contributed by atoms with Gasteiger partial charge >= 0.3 is 6.03 Å². The molecule has 2 aromatic rings. The first-order valence-electron chi connectivity index (χ1n) is 7.68. The number of urea groups is 1. The van der Waals surface area contributed by atoms with Gasteiger partial charge in [-0.25, -0.2) is 9.18 Å². The molecule has 0 saturated carbocycles. The molecule has 0 aromatic heterocycles. The summed E-state index contributed by atoms with van der Waals surface area (Å²) in [5.74, 6) is 0.674. The molecular formula is C18H20ClFN2O2.